The average Bonchev–Trinajstić information content (AvgIpc) is 3.55. The molecule has 0 amide bonds. The Balaban J connectivity index is 1.02. The molecular formula is C59H40. The molecule has 11 aromatic carbocycles. The van der Waals surface area contributed by atoms with Crippen molar-refractivity contribution in [2.45, 2.75) is 19.3 Å². The number of rotatable bonds is 4. The van der Waals surface area contributed by atoms with Crippen molar-refractivity contribution in [1.29, 1.82) is 0 Å². The molecule has 0 heterocycles. The van der Waals surface area contributed by atoms with E-state index < -0.39 is 0 Å². The molecule has 0 spiro atoms. The van der Waals surface area contributed by atoms with Gasteiger partial charge in [-0.1, -0.05) is 208 Å². The van der Waals surface area contributed by atoms with Crippen molar-refractivity contribution in [3.8, 4) is 55.6 Å². The van der Waals surface area contributed by atoms with E-state index in [9.17, 15) is 0 Å². The highest BCUT2D eigenvalue weighted by Gasteiger charge is 2.39. The molecule has 0 bridgehead atoms. The van der Waals surface area contributed by atoms with Gasteiger partial charge in [0.2, 0.25) is 0 Å². The highest BCUT2D eigenvalue weighted by molar-refractivity contribution is 6.22. The van der Waals surface area contributed by atoms with Gasteiger partial charge in [-0.05, 0) is 133 Å². The summed E-state index contributed by atoms with van der Waals surface area (Å²) in [5.41, 5.74) is 15.4. The van der Waals surface area contributed by atoms with E-state index in [0.717, 1.165) is 0 Å². The van der Waals surface area contributed by atoms with Crippen molar-refractivity contribution in [3.63, 3.8) is 0 Å². The minimum absolute atomic E-state index is 0.140. The second-order valence-corrected chi connectivity index (χ2v) is 16.8. The topological polar surface area (TPSA) is 0 Å². The van der Waals surface area contributed by atoms with Gasteiger partial charge >= 0.3 is 0 Å². The Kier molecular flexibility index (Phi) is 7.38. The third-order valence-electron chi connectivity index (χ3n) is 13.2. The summed E-state index contributed by atoms with van der Waals surface area (Å²) in [5, 5.41) is 12.9. The Morgan fingerprint density at radius 3 is 1.39 bits per heavy atom. The first-order chi connectivity index (χ1) is 29.0. The molecule has 0 radical (unpaired) electrons. The lowest BCUT2D eigenvalue weighted by Gasteiger charge is -2.24. The van der Waals surface area contributed by atoms with Crippen LogP contribution in [-0.4, -0.2) is 0 Å². The maximum atomic E-state index is 2.41. The number of fused-ring (bicyclic) bond motifs is 11. The van der Waals surface area contributed by atoms with Gasteiger partial charge in [-0.15, -0.1) is 0 Å². The molecule has 0 aromatic heterocycles. The molecule has 0 atom stereocenters. The van der Waals surface area contributed by atoms with Gasteiger partial charge in [0, 0.05) is 5.41 Å². The summed E-state index contributed by atoms with van der Waals surface area (Å²) in [6, 6.07) is 76.8. The van der Waals surface area contributed by atoms with Crippen LogP contribution in [0.2, 0.25) is 0 Å². The minimum atomic E-state index is -0.140. The molecule has 0 aliphatic heterocycles. The lowest BCUT2D eigenvalue weighted by molar-refractivity contribution is 0.666. The van der Waals surface area contributed by atoms with E-state index in [0.29, 0.717) is 0 Å². The van der Waals surface area contributed by atoms with Gasteiger partial charge in [0.25, 0.3) is 0 Å². The second-order valence-electron chi connectivity index (χ2n) is 16.8. The van der Waals surface area contributed by atoms with Crippen molar-refractivity contribution < 1.29 is 0 Å². The molecule has 1 aliphatic carbocycles. The van der Waals surface area contributed by atoms with Crippen molar-refractivity contribution in [3.05, 3.63) is 217 Å². The van der Waals surface area contributed by atoms with Crippen LogP contribution in [0.5, 0.6) is 0 Å². The molecule has 0 nitrogen and oxygen atoms in total. The Labute approximate surface area is 344 Å². The molecule has 1 aliphatic rings. The van der Waals surface area contributed by atoms with Crippen LogP contribution in [0.3, 0.4) is 0 Å². The highest BCUT2D eigenvalue weighted by Crippen LogP contribution is 2.57. The maximum absolute atomic E-state index is 2.41. The second kappa shape index (κ2) is 12.9. The predicted octanol–water partition coefficient (Wildman–Crippen LogP) is 16.4. The minimum Gasteiger partial charge on any atom is -0.0616 e. The molecule has 0 saturated heterocycles. The van der Waals surface area contributed by atoms with E-state index >= 15 is 0 Å². The fraction of sp³-hybridized carbons (Fsp3) is 0.0508. The SMILES string of the molecule is CC1(C)c2cccc(-c3ccc(-c4c5ccccc5c(-c5cccc(-c6ccc7ccccc7c6)c5)c5ccccc45)cc3)c2-c2c1c1ccccc1c1ccccc21. The monoisotopic (exact) mass is 748 g/mol. The van der Waals surface area contributed by atoms with Crippen LogP contribution in [0, 0.1) is 0 Å². The molecule has 11 aromatic rings. The quantitative estimate of drug-likeness (QED) is 0.124. The van der Waals surface area contributed by atoms with E-state index in [1.807, 2.05) is 0 Å². The molecule has 276 valence electrons. The van der Waals surface area contributed by atoms with E-state index in [2.05, 4.69) is 220 Å². The summed E-state index contributed by atoms with van der Waals surface area (Å²) in [6.45, 7) is 4.82. The van der Waals surface area contributed by atoms with Crippen molar-refractivity contribution in [1.82, 2.24) is 0 Å². The first kappa shape index (κ1) is 33.8. The maximum Gasteiger partial charge on any atom is 0.0165 e. The molecule has 0 unspecified atom stereocenters. The largest absolute Gasteiger partial charge is 0.0616 e. The highest BCUT2D eigenvalue weighted by atomic mass is 14.4. The van der Waals surface area contributed by atoms with Crippen molar-refractivity contribution in [2.24, 2.45) is 0 Å². The van der Waals surface area contributed by atoms with Crippen LogP contribution >= 0.6 is 0 Å². The molecule has 0 N–H and O–H groups in total. The van der Waals surface area contributed by atoms with Gasteiger partial charge in [0.15, 0.2) is 0 Å². The van der Waals surface area contributed by atoms with Gasteiger partial charge < -0.3 is 0 Å². The van der Waals surface area contributed by atoms with Gasteiger partial charge in [0.05, 0.1) is 0 Å². The number of hydrogen-bond acceptors (Lipinski definition) is 0. The Morgan fingerprint density at radius 2 is 0.729 bits per heavy atom. The molecular weight excluding hydrogens is 709 g/mol. The third kappa shape index (κ3) is 5.03. The van der Waals surface area contributed by atoms with E-state index in [4.69, 9.17) is 0 Å². The molecule has 0 fully saturated rings. The van der Waals surface area contributed by atoms with E-state index in [1.165, 1.54) is 121 Å². The summed E-state index contributed by atoms with van der Waals surface area (Å²) in [4.78, 5) is 0. The van der Waals surface area contributed by atoms with Crippen LogP contribution in [0.25, 0.3) is 109 Å². The molecule has 59 heavy (non-hydrogen) atoms. The smallest absolute Gasteiger partial charge is 0.0165 e. The van der Waals surface area contributed by atoms with E-state index in [1.54, 1.807) is 0 Å². The summed E-state index contributed by atoms with van der Waals surface area (Å²) in [6.07, 6.45) is 0. The number of hydrogen-bond donors (Lipinski definition) is 0. The summed E-state index contributed by atoms with van der Waals surface area (Å²) < 4.78 is 0. The lowest BCUT2D eigenvalue weighted by Crippen LogP contribution is -2.15. The van der Waals surface area contributed by atoms with Gasteiger partial charge in [-0.3, -0.25) is 0 Å². The van der Waals surface area contributed by atoms with Crippen LogP contribution in [0.4, 0.5) is 0 Å². The summed E-state index contributed by atoms with van der Waals surface area (Å²) >= 11 is 0. The summed E-state index contributed by atoms with van der Waals surface area (Å²) in [5.74, 6) is 0. The Morgan fingerprint density at radius 1 is 0.271 bits per heavy atom. The zero-order valence-electron chi connectivity index (χ0n) is 33.1. The van der Waals surface area contributed by atoms with Gasteiger partial charge in [-0.25, -0.2) is 0 Å². The molecule has 12 rings (SSSR count). The lowest BCUT2D eigenvalue weighted by atomic mass is 9.79. The normalized spacial score (nSPS) is 13.1. The molecule has 0 saturated carbocycles. The van der Waals surface area contributed by atoms with Crippen LogP contribution in [0.1, 0.15) is 25.0 Å². The fourth-order valence-electron chi connectivity index (χ4n) is 10.6. The predicted molar refractivity (Wildman–Crippen MR) is 253 cm³/mol. The van der Waals surface area contributed by atoms with Crippen LogP contribution in [-0.2, 0) is 5.41 Å². The first-order valence-electron chi connectivity index (χ1n) is 20.8. The zero-order valence-corrected chi connectivity index (χ0v) is 33.1. The number of benzene rings is 11. The van der Waals surface area contributed by atoms with Crippen LogP contribution in [0.15, 0.2) is 206 Å². The fourth-order valence-corrected chi connectivity index (χ4v) is 10.6. The first-order valence-corrected chi connectivity index (χ1v) is 20.8. The zero-order chi connectivity index (χ0) is 39.2. The Bertz CT molecular complexity index is 3450. The van der Waals surface area contributed by atoms with Crippen LogP contribution < -0.4 is 0 Å². The summed E-state index contributed by atoms with van der Waals surface area (Å²) in [7, 11) is 0. The van der Waals surface area contributed by atoms with E-state index in [-0.39, 0.29) is 5.41 Å². The molecule has 0 heteroatoms. The van der Waals surface area contributed by atoms with Gasteiger partial charge in [-0.2, -0.15) is 0 Å². The standard InChI is InChI=1S/C59H40/c1-59(2)53-28-14-27-44(56(53)57-47-21-7-5-19-45(47)46-20-6-12-26-52(46)58(57)59)38-30-32-39(33-31-38)54-48-22-8-10-24-50(48)55(51-25-11-9-23-49(51)54)43-18-13-17-41(36-43)42-34-29-37-15-3-4-16-40(37)35-42/h3-36H,1-2H3. The van der Waals surface area contributed by atoms with Crippen molar-refractivity contribution >= 4 is 53.9 Å². The average molecular weight is 749 g/mol. The third-order valence-corrected chi connectivity index (χ3v) is 13.2. The Hall–Kier alpha value is -7.28. The van der Waals surface area contributed by atoms with Crippen molar-refractivity contribution in [2.75, 3.05) is 0 Å². The van der Waals surface area contributed by atoms with Gasteiger partial charge in [0.1, 0.15) is 0 Å².